The number of pyridine rings is 1. The molecular weight excluding hydrogens is 372 g/mol. The number of allylic oxidation sites excluding steroid dienone is 5. The van der Waals surface area contributed by atoms with Gasteiger partial charge in [0, 0.05) is 52.4 Å². The number of fused-ring (bicyclic) bond motifs is 1. The second kappa shape index (κ2) is 10.2. The first-order valence-corrected chi connectivity index (χ1v) is 10.1. The van der Waals surface area contributed by atoms with Crippen molar-refractivity contribution in [3.05, 3.63) is 79.7 Å². The molecule has 0 saturated carbocycles. The second-order valence-electron chi connectivity index (χ2n) is 6.90. The molecule has 0 radical (unpaired) electrons. The molecule has 0 fully saturated rings. The average molecular weight is 401 g/mol. The second-order valence-corrected chi connectivity index (χ2v) is 6.90. The van der Waals surface area contributed by atoms with Gasteiger partial charge in [-0.25, -0.2) is 4.98 Å². The molecule has 0 aromatic carbocycles. The fourth-order valence-corrected chi connectivity index (χ4v) is 3.02. The summed E-state index contributed by atoms with van der Waals surface area (Å²) < 4.78 is 1.93. The van der Waals surface area contributed by atoms with Gasteiger partial charge in [0.15, 0.2) is 0 Å². The fraction of sp³-hybridized carbons (Fsp3) is 0.208. The van der Waals surface area contributed by atoms with E-state index < -0.39 is 0 Å². The highest BCUT2D eigenvalue weighted by molar-refractivity contribution is 5.95. The van der Waals surface area contributed by atoms with Crippen molar-refractivity contribution in [3.8, 4) is 22.3 Å². The third kappa shape index (κ3) is 4.84. The molecule has 154 valence electrons. The van der Waals surface area contributed by atoms with Crippen LogP contribution in [0, 0.1) is 0 Å². The third-order valence-corrected chi connectivity index (χ3v) is 4.47. The smallest absolute Gasteiger partial charge is 0.137 e. The van der Waals surface area contributed by atoms with Gasteiger partial charge < -0.3 is 4.98 Å². The Morgan fingerprint density at radius 2 is 1.97 bits per heavy atom. The van der Waals surface area contributed by atoms with E-state index in [0.29, 0.717) is 6.54 Å². The summed E-state index contributed by atoms with van der Waals surface area (Å²) in [7, 11) is 0. The summed E-state index contributed by atoms with van der Waals surface area (Å²) in [6, 6.07) is 2.13. The van der Waals surface area contributed by atoms with Crippen molar-refractivity contribution >= 4 is 11.0 Å². The Morgan fingerprint density at radius 1 is 1.13 bits per heavy atom. The zero-order valence-corrected chi connectivity index (χ0v) is 17.8. The van der Waals surface area contributed by atoms with Gasteiger partial charge in [0.25, 0.3) is 0 Å². The van der Waals surface area contributed by atoms with E-state index in [9.17, 15) is 0 Å². The molecule has 0 aliphatic rings. The highest BCUT2D eigenvalue weighted by Gasteiger charge is 2.11. The van der Waals surface area contributed by atoms with Crippen LogP contribution in [0.3, 0.4) is 0 Å². The first kappa shape index (κ1) is 21.0. The minimum absolute atomic E-state index is 0.710. The van der Waals surface area contributed by atoms with E-state index in [2.05, 4.69) is 64.0 Å². The standard InChI is InChI=1S/C21H20N6.C3H8/c1-3-5-6-15(4-2)13-27-14-18(11-26-27)20-12-23-21-19(20)7-16(8-22-21)17-9-24-25-10-17;1-3-2/h3-12,14H,1,13H2,2H3,(H,22,23)(H,24,25);3H2,1-2H3/b6-5-,15-4+;. The van der Waals surface area contributed by atoms with Crippen LogP contribution in [0.15, 0.2) is 79.7 Å². The maximum atomic E-state index is 4.53. The summed E-state index contributed by atoms with van der Waals surface area (Å²) in [6.07, 6.45) is 20.5. The molecule has 0 saturated heterocycles. The van der Waals surface area contributed by atoms with Gasteiger partial charge in [-0.3, -0.25) is 9.78 Å². The highest BCUT2D eigenvalue weighted by atomic mass is 15.3. The van der Waals surface area contributed by atoms with Gasteiger partial charge in [-0.15, -0.1) is 0 Å². The summed E-state index contributed by atoms with van der Waals surface area (Å²) in [5.41, 5.74) is 6.20. The molecule has 4 rings (SSSR count). The maximum absolute atomic E-state index is 4.53. The normalized spacial score (nSPS) is 11.6. The third-order valence-electron chi connectivity index (χ3n) is 4.47. The van der Waals surface area contributed by atoms with E-state index in [-0.39, 0.29) is 0 Å². The van der Waals surface area contributed by atoms with E-state index >= 15 is 0 Å². The quantitative estimate of drug-likeness (QED) is 0.394. The Kier molecular flexibility index (Phi) is 7.16. The predicted molar refractivity (Wildman–Crippen MR) is 124 cm³/mol. The summed E-state index contributed by atoms with van der Waals surface area (Å²) in [6.45, 7) is 10.7. The molecule has 4 heterocycles. The monoisotopic (exact) mass is 400 g/mol. The van der Waals surface area contributed by atoms with Crippen molar-refractivity contribution in [2.24, 2.45) is 0 Å². The summed E-state index contributed by atoms with van der Waals surface area (Å²) in [5.74, 6) is 0. The largest absolute Gasteiger partial charge is 0.346 e. The zero-order valence-electron chi connectivity index (χ0n) is 17.8. The molecule has 0 unspecified atom stereocenters. The van der Waals surface area contributed by atoms with Crippen molar-refractivity contribution in [3.63, 3.8) is 0 Å². The number of nitrogens with one attached hydrogen (secondary N) is 2. The zero-order chi connectivity index (χ0) is 21.3. The van der Waals surface area contributed by atoms with Crippen molar-refractivity contribution in [1.29, 1.82) is 0 Å². The van der Waals surface area contributed by atoms with Gasteiger partial charge in [-0.2, -0.15) is 10.2 Å². The Bertz CT molecular complexity index is 1140. The van der Waals surface area contributed by atoms with Crippen LogP contribution in [0.4, 0.5) is 0 Å². The minimum atomic E-state index is 0.710. The number of aromatic amines is 2. The molecule has 0 amide bonds. The predicted octanol–water partition coefficient (Wildman–Crippen LogP) is 5.92. The number of rotatable bonds is 6. The number of hydrogen-bond acceptors (Lipinski definition) is 3. The van der Waals surface area contributed by atoms with Crippen LogP contribution in [0.2, 0.25) is 0 Å². The Hall–Kier alpha value is -3.67. The molecule has 4 aromatic rings. The minimum Gasteiger partial charge on any atom is -0.346 e. The van der Waals surface area contributed by atoms with Crippen LogP contribution in [0.1, 0.15) is 27.2 Å². The van der Waals surface area contributed by atoms with Crippen molar-refractivity contribution in [2.75, 3.05) is 0 Å². The van der Waals surface area contributed by atoms with Crippen LogP contribution in [-0.2, 0) is 6.54 Å². The molecule has 0 spiro atoms. The molecule has 0 aliphatic carbocycles. The SMILES string of the molecule is C=C/C=C\C(=C/C)Cn1cc(-c2c[nH]c3ncc(-c4cn[nH]c4)cc23)cn1.CCC. The van der Waals surface area contributed by atoms with E-state index in [1.807, 2.05) is 48.5 Å². The van der Waals surface area contributed by atoms with E-state index in [0.717, 1.165) is 33.3 Å². The Balaban J connectivity index is 0.000000806. The van der Waals surface area contributed by atoms with Crippen LogP contribution < -0.4 is 0 Å². The summed E-state index contributed by atoms with van der Waals surface area (Å²) in [4.78, 5) is 7.78. The maximum Gasteiger partial charge on any atom is 0.137 e. The van der Waals surface area contributed by atoms with Crippen LogP contribution in [0.25, 0.3) is 33.3 Å². The summed E-state index contributed by atoms with van der Waals surface area (Å²) >= 11 is 0. The van der Waals surface area contributed by atoms with Gasteiger partial charge in [-0.05, 0) is 18.6 Å². The molecule has 4 aromatic heterocycles. The molecule has 2 N–H and O–H groups in total. The first-order chi connectivity index (χ1) is 14.7. The highest BCUT2D eigenvalue weighted by Crippen LogP contribution is 2.30. The van der Waals surface area contributed by atoms with Crippen LogP contribution in [-0.4, -0.2) is 29.9 Å². The topological polar surface area (TPSA) is 75.2 Å². The lowest BCUT2D eigenvalue weighted by atomic mass is 10.1. The first-order valence-electron chi connectivity index (χ1n) is 10.1. The lowest BCUT2D eigenvalue weighted by molar-refractivity contribution is 0.685. The lowest BCUT2D eigenvalue weighted by Crippen LogP contribution is -1.99. The van der Waals surface area contributed by atoms with E-state index in [1.54, 1.807) is 12.3 Å². The number of nitrogens with zero attached hydrogens (tertiary/aromatic N) is 4. The van der Waals surface area contributed by atoms with Crippen molar-refractivity contribution in [2.45, 2.75) is 33.7 Å². The van der Waals surface area contributed by atoms with Crippen molar-refractivity contribution in [1.82, 2.24) is 29.9 Å². The molecule has 6 nitrogen and oxygen atoms in total. The van der Waals surface area contributed by atoms with E-state index in [1.165, 1.54) is 12.0 Å². The fourth-order valence-electron chi connectivity index (χ4n) is 3.02. The van der Waals surface area contributed by atoms with Gasteiger partial charge >= 0.3 is 0 Å². The van der Waals surface area contributed by atoms with Crippen LogP contribution in [0.5, 0.6) is 0 Å². The molecule has 0 bridgehead atoms. The summed E-state index contributed by atoms with van der Waals surface area (Å²) in [5, 5.41) is 12.4. The number of H-pyrrole nitrogens is 2. The molecule has 6 heteroatoms. The number of hydrogen-bond donors (Lipinski definition) is 2. The van der Waals surface area contributed by atoms with Gasteiger partial charge in [-0.1, -0.05) is 51.2 Å². The van der Waals surface area contributed by atoms with E-state index in [4.69, 9.17) is 0 Å². The van der Waals surface area contributed by atoms with Crippen LogP contribution >= 0.6 is 0 Å². The lowest BCUT2D eigenvalue weighted by Gasteiger charge is -2.02. The average Bonchev–Trinajstić information content (AvgIpc) is 3.51. The Morgan fingerprint density at radius 3 is 2.67 bits per heavy atom. The molecule has 30 heavy (non-hydrogen) atoms. The van der Waals surface area contributed by atoms with Gasteiger partial charge in [0.1, 0.15) is 5.65 Å². The van der Waals surface area contributed by atoms with Gasteiger partial charge in [0.2, 0.25) is 0 Å². The van der Waals surface area contributed by atoms with Crippen molar-refractivity contribution < 1.29 is 0 Å². The number of aromatic nitrogens is 6. The molecule has 0 aliphatic heterocycles. The molecular formula is C24H28N6. The molecule has 0 atom stereocenters. The van der Waals surface area contributed by atoms with Gasteiger partial charge in [0.05, 0.1) is 18.9 Å². The Labute approximate surface area is 177 Å².